The molecular formula is C9H13N3O4S. The van der Waals surface area contributed by atoms with Crippen molar-refractivity contribution in [3.05, 3.63) is 34.4 Å². The lowest BCUT2D eigenvalue weighted by Gasteiger charge is -2.06. The first-order valence-electron chi connectivity index (χ1n) is 4.82. The van der Waals surface area contributed by atoms with Gasteiger partial charge in [-0.2, -0.15) is 0 Å². The fourth-order valence-corrected chi connectivity index (χ4v) is 1.69. The number of nitrogens with zero attached hydrogens (tertiary/aromatic N) is 1. The molecule has 0 saturated carbocycles. The first-order chi connectivity index (χ1) is 7.90. The Morgan fingerprint density at radius 2 is 1.94 bits per heavy atom. The van der Waals surface area contributed by atoms with Crippen LogP contribution in [0.1, 0.15) is 0 Å². The van der Waals surface area contributed by atoms with Crippen LogP contribution in [0.25, 0.3) is 0 Å². The first-order valence-corrected chi connectivity index (χ1v) is 6.71. The molecule has 94 valence electrons. The fraction of sp³-hybridized carbons (Fsp3) is 0.333. The highest BCUT2D eigenvalue weighted by Gasteiger charge is 2.11. The Morgan fingerprint density at radius 1 is 1.29 bits per heavy atom. The summed E-state index contributed by atoms with van der Waals surface area (Å²) in [6.45, 7) is 0.447. The first kappa shape index (κ1) is 13.4. The van der Waals surface area contributed by atoms with Crippen molar-refractivity contribution in [2.75, 3.05) is 24.7 Å². The zero-order valence-corrected chi connectivity index (χ0v) is 10.0. The van der Waals surface area contributed by atoms with Crippen LogP contribution in [-0.4, -0.2) is 32.7 Å². The number of para-hydroxylation sites is 2. The molecular weight excluding hydrogens is 246 g/mol. The zero-order valence-electron chi connectivity index (χ0n) is 9.21. The van der Waals surface area contributed by atoms with Gasteiger partial charge in [0.15, 0.2) is 0 Å². The summed E-state index contributed by atoms with van der Waals surface area (Å²) in [7, 11) is -3.23. The summed E-state index contributed by atoms with van der Waals surface area (Å²) in [5.41, 5.74) is 0.333. The zero-order chi connectivity index (χ0) is 12.9. The molecule has 0 saturated heterocycles. The molecule has 2 N–H and O–H groups in total. The van der Waals surface area contributed by atoms with E-state index in [9.17, 15) is 18.5 Å². The Balaban J connectivity index is 2.55. The molecule has 1 aromatic carbocycles. The minimum absolute atomic E-state index is 0.0353. The maximum absolute atomic E-state index is 10.8. The monoisotopic (exact) mass is 259 g/mol. The standard InChI is InChI=1S/C9H13N3O4S/c1-17(15,16)11-7-6-10-8-4-2-3-5-9(8)12(13)14/h2-5,10-11H,6-7H2,1H3. The lowest BCUT2D eigenvalue weighted by atomic mass is 10.2. The number of hydrogen-bond donors (Lipinski definition) is 2. The Morgan fingerprint density at radius 3 is 2.53 bits per heavy atom. The van der Waals surface area contributed by atoms with Crippen LogP contribution in [-0.2, 0) is 10.0 Å². The molecule has 0 atom stereocenters. The summed E-state index contributed by atoms with van der Waals surface area (Å²) in [6, 6.07) is 6.18. The molecule has 0 spiro atoms. The summed E-state index contributed by atoms with van der Waals surface area (Å²) in [5, 5.41) is 13.5. The minimum atomic E-state index is -3.23. The van der Waals surface area contributed by atoms with Gasteiger partial charge in [-0.3, -0.25) is 10.1 Å². The van der Waals surface area contributed by atoms with E-state index < -0.39 is 14.9 Å². The van der Waals surface area contributed by atoms with E-state index in [1.165, 1.54) is 6.07 Å². The Kier molecular flexibility index (Phi) is 4.41. The molecule has 0 unspecified atom stereocenters. The molecule has 0 fully saturated rings. The van der Waals surface area contributed by atoms with Gasteiger partial charge < -0.3 is 5.32 Å². The maximum Gasteiger partial charge on any atom is 0.292 e. The lowest BCUT2D eigenvalue weighted by Crippen LogP contribution is -2.27. The second-order valence-corrected chi connectivity index (χ2v) is 5.20. The molecule has 8 heteroatoms. The summed E-state index contributed by atoms with van der Waals surface area (Å²) >= 11 is 0. The van der Waals surface area contributed by atoms with Crippen molar-refractivity contribution in [3.63, 3.8) is 0 Å². The van der Waals surface area contributed by atoms with Gasteiger partial charge in [0.1, 0.15) is 5.69 Å². The van der Waals surface area contributed by atoms with E-state index in [4.69, 9.17) is 0 Å². The van der Waals surface area contributed by atoms with E-state index in [1.54, 1.807) is 18.2 Å². The molecule has 0 heterocycles. The second kappa shape index (κ2) is 5.60. The lowest BCUT2D eigenvalue weighted by molar-refractivity contribution is -0.384. The third-order valence-electron chi connectivity index (χ3n) is 1.91. The molecule has 1 aromatic rings. The number of nitro benzene ring substituents is 1. The third kappa shape index (κ3) is 4.79. The molecule has 0 radical (unpaired) electrons. The van der Waals surface area contributed by atoms with Crippen molar-refractivity contribution in [1.29, 1.82) is 0 Å². The van der Waals surface area contributed by atoms with Gasteiger partial charge in [-0.1, -0.05) is 12.1 Å². The van der Waals surface area contributed by atoms with Gasteiger partial charge in [0.05, 0.1) is 11.2 Å². The van der Waals surface area contributed by atoms with Crippen molar-refractivity contribution in [3.8, 4) is 0 Å². The van der Waals surface area contributed by atoms with Crippen molar-refractivity contribution >= 4 is 21.4 Å². The summed E-state index contributed by atoms with van der Waals surface area (Å²) < 4.78 is 23.8. The van der Waals surface area contributed by atoms with Crippen LogP contribution in [0.3, 0.4) is 0 Å². The largest absolute Gasteiger partial charge is 0.378 e. The molecule has 17 heavy (non-hydrogen) atoms. The highest BCUT2D eigenvalue weighted by atomic mass is 32.2. The molecule has 0 aliphatic rings. The van der Waals surface area contributed by atoms with Crippen LogP contribution >= 0.6 is 0 Å². The smallest absolute Gasteiger partial charge is 0.292 e. The fourth-order valence-electron chi connectivity index (χ4n) is 1.22. The quantitative estimate of drug-likeness (QED) is 0.441. The van der Waals surface area contributed by atoms with Gasteiger partial charge in [0.25, 0.3) is 5.69 Å². The Labute approximate surface area is 99.0 Å². The van der Waals surface area contributed by atoms with Crippen LogP contribution in [0.4, 0.5) is 11.4 Å². The highest BCUT2D eigenvalue weighted by Crippen LogP contribution is 2.22. The number of anilines is 1. The number of benzene rings is 1. The summed E-state index contributed by atoms with van der Waals surface area (Å²) in [6.07, 6.45) is 1.05. The van der Waals surface area contributed by atoms with E-state index in [2.05, 4.69) is 10.0 Å². The maximum atomic E-state index is 10.8. The van der Waals surface area contributed by atoms with Crippen molar-refractivity contribution in [1.82, 2.24) is 4.72 Å². The van der Waals surface area contributed by atoms with Crippen LogP contribution in [0, 0.1) is 10.1 Å². The van der Waals surface area contributed by atoms with E-state index in [0.717, 1.165) is 6.26 Å². The average molecular weight is 259 g/mol. The van der Waals surface area contributed by atoms with Crippen LogP contribution in [0.15, 0.2) is 24.3 Å². The third-order valence-corrected chi connectivity index (χ3v) is 2.63. The Bertz CT molecular complexity index is 501. The van der Waals surface area contributed by atoms with Crippen molar-refractivity contribution < 1.29 is 13.3 Å². The molecule has 1 rings (SSSR count). The highest BCUT2D eigenvalue weighted by molar-refractivity contribution is 7.88. The second-order valence-electron chi connectivity index (χ2n) is 3.37. The molecule has 0 amide bonds. The number of hydrogen-bond acceptors (Lipinski definition) is 5. The van der Waals surface area contributed by atoms with Gasteiger partial charge in [-0.15, -0.1) is 0 Å². The predicted molar refractivity (Wildman–Crippen MR) is 64.4 cm³/mol. The topological polar surface area (TPSA) is 101 Å². The van der Waals surface area contributed by atoms with Crippen LogP contribution < -0.4 is 10.0 Å². The van der Waals surface area contributed by atoms with Gasteiger partial charge in [0.2, 0.25) is 10.0 Å². The molecule has 0 aromatic heterocycles. The molecule has 7 nitrogen and oxygen atoms in total. The molecule has 0 aliphatic carbocycles. The normalized spacial score (nSPS) is 11.1. The van der Waals surface area contributed by atoms with Crippen LogP contribution in [0.5, 0.6) is 0 Å². The van der Waals surface area contributed by atoms with Gasteiger partial charge in [-0.25, -0.2) is 13.1 Å². The average Bonchev–Trinajstić information content (AvgIpc) is 2.23. The van der Waals surface area contributed by atoms with E-state index >= 15 is 0 Å². The van der Waals surface area contributed by atoms with E-state index in [0.29, 0.717) is 5.69 Å². The van der Waals surface area contributed by atoms with Crippen LogP contribution in [0.2, 0.25) is 0 Å². The van der Waals surface area contributed by atoms with Crippen molar-refractivity contribution in [2.24, 2.45) is 0 Å². The Hall–Kier alpha value is -1.67. The van der Waals surface area contributed by atoms with Crippen molar-refractivity contribution in [2.45, 2.75) is 0 Å². The summed E-state index contributed by atoms with van der Waals surface area (Å²) in [5.74, 6) is 0. The number of sulfonamides is 1. The number of rotatable bonds is 6. The minimum Gasteiger partial charge on any atom is -0.378 e. The number of nitro groups is 1. The van der Waals surface area contributed by atoms with Gasteiger partial charge in [0, 0.05) is 19.2 Å². The molecule has 0 aliphatic heterocycles. The van der Waals surface area contributed by atoms with E-state index in [-0.39, 0.29) is 18.8 Å². The molecule has 0 bridgehead atoms. The van der Waals surface area contributed by atoms with Gasteiger partial charge >= 0.3 is 0 Å². The number of nitrogens with one attached hydrogen (secondary N) is 2. The van der Waals surface area contributed by atoms with E-state index in [1.807, 2.05) is 0 Å². The van der Waals surface area contributed by atoms with Gasteiger partial charge in [-0.05, 0) is 6.07 Å². The predicted octanol–water partition coefficient (Wildman–Crippen LogP) is 0.556. The SMILES string of the molecule is CS(=O)(=O)NCCNc1ccccc1[N+](=O)[O-]. The summed E-state index contributed by atoms with van der Waals surface area (Å²) in [4.78, 5) is 10.2.